The monoisotopic (exact) mass is 230 g/mol. The second-order valence-corrected chi connectivity index (χ2v) is 4.85. The van der Waals surface area contributed by atoms with Crippen LogP contribution in [0.4, 0.5) is 5.82 Å². The lowest BCUT2D eigenvalue weighted by atomic mass is 10.3. The van der Waals surface area contributed by atoms with Gasteiger partial charge in [-0.2, -0.15) is 0 Å². The lowest BCUT2D eigenvalue weighted by Crippen LogP contribution is -2.18. The Kier molecular flexibility index (Phi) is 4.44. The van der Waals surface area contributed by atoms with Crippen LogP contribution in [0.25, 0.3) is 0 Å². The molecule has 0 spiro atoms. The number of aromatic nitrogens is 2. The van der Waals surface area contributed by atoms with E-state index in [1.807, 2.05) is 0 Å². The van der Waals surface area contributed by atoms with Crippen molar-refractivity contribution in [3.8, 4) is 0 Å². The molecule has 0 bridgehead atoms. The molecule has 1 heterocycles. The third-order valence-electron chi connectivity index (χ3n) is 1.69. The van der Waals surface area contributed by atoms with Crippen LogP contribution in [0, 0.1) is 0 Å². The van der Waals surface area contributed by atoms with Gasteiger partial charge in [-0.25, -0.2) is 13.4 Å². The summed E-state index contributed by atoms with van der Waals surface area (Å²) in [5, 5.41) is 0. The van der Waals surface area contributed by atoms with Gasteiger partial charge in [-0.3, -0.25) is 9.71 Å². The van der Waals surface area contributed by atoms with E-state index in [1.54, 1.807) is 0 Å². The Bertz CT molecular complexity index is 379. The standard InChI is InChI=1S/C8H14N4O2S/c9-3-1-2-6-15(13,14)12-8-7-10-4-5-11-8/h4-5,7H,1-3,6,9H2,(H,11,12). The van der Waals surface area contributed by atoms with Crippen molar-refractivity contribution in [2.24, 2.45) is 5.73 Å². The van der Waals surface area contributed by atoms with Crippen molar-refractivity contribution < 1.29 is 8.42 Å². The van der Waals surface area contributed by atoms with Gasteiger partial charge >= 0.3 is 0 Å². The number of nitrogens with zero attached hydrogens (tertiary/aromatic N) is 2. The molecule has 1 rings (SSSR count). The minimum Gasteiger partial charge on any atom is -0.330 e. The summed E-state index contributed by atoms with van der Waals surface area (Å²) in [6.45, 7) is 0.501. The molecule has 0 aliphatic carbocycles. The van der Waals surface area contributed by atoms with Crippen LogP contribution in [0.15, 0.2) is 18.6 Å². The zero-order valence-electron chi connectivity index (χ0n) is 8.26. The third kappa shape index (κ3) is 4.71. The Hall–Kier alpha value is -1.21. The lowest BCUT2D eigenvalue weighted by Gasteiger charge is -2.05. The summed E-state index contributed by atoms with van der Waals surface area (Å²) < 4.78 is 25.2. The number of hydrogen-bond acceptors (Lipinski definition) is 5. The number of unbranched alkanes of at least 4 members (excludes halogenated alkanes) is 1. The van der Waals surface area contributed by atoms with Crippen LogP contribution in [0.5, 0.6) is 0 Å². The topological polar surface area (TPSA) is 98.0 Å². The summed E-state index contributed by atoms with van der Waals surface area (Å²) in [6.07, 6.45) is 5.51. The summed E-state index contributed by atoms with van der Waals surface area (Å²) in [5.41, 5.74) is 5.27. The Morgan fingerprint density at radius 1 is 1.33 bits per heavy atom. The van der Waals surface area contributed by atoms with Crippen molar-refractivity contribution in [3.63, 3.8) is 0 Å². The predicted octanol–water partition coefficient (Wildman–Crippen LogP) is -0.0428. The fraction of sp³-hybridized carbons (Fsp3) is 0.500. The maximum absolute atomic E-state index is 11.5. The summed E-state index contributed by atoms with van der Waals surface area (Å²) in [7, 11) is -3.31. The van der Waals surface area contributed by atoms with E-state index in [9.17, 15) is 8.42 Å². The smallest absolute Gasteiger partial charge is 0.233 e. The minimum atomic E-state index is -3.31. The molecule has 0 saturated carbocycles. The molecular formula is C8H14N4O2S. The summed E-state index contributed by atoms with van der Waals surface area (Å²) in [5.74, 6) is 0.297. The van der Waals surface area contributed by atoms with Crippen LogP contribution in [0.1, 0.15) is 12.8 Å². The number of anilines is 1. The first-order chi connectivity index (χ1) is 7.14. The molecule has 1 aromatic rings. The molecule has 0 radical (unpaired) electrons. The van der Waals surface area contributed by atoms with Crippen LogP contribution < -0.4 is 10.5 Å². The van der Waals surface area contributed by atoms with E-state index in [4.69, 9.17) is 5.73 Å². The van der Waals surface area contributed by atoms with Gasteiger partial charge in [0.1, 0.15) is 0 Å². The zero-order valence-corrected chi connectivity index (χ0v) is 9.07. The van der Waals surface area contributed by atoms with E-state index < -0.39 is 10.0 Å². The van der Waals surface area contributed by atoms with Gasteiger partial charge in [0.25, 0.3) is 0 Å². The molecule has 0 unspecified atom stereocenters. The Balaban J connectivity index is 2.50. The van der Waals surface area contributed by atoms with Gasteiger partial charge in [-0.15, -0.1) is 0 Å². The first kappa shape index (κ1) is 11.9. The fourth-order valence-corrected chi connectivity index (χ4v) is 2.11. The van der Waals surface area contributed by atoms with E-state index in [0.717, 1.165) is 0 Å². The molecule has 15 heavy (non-hydrogen) atoms. The molecule has 84 valence electrons. The number of rotatable bonds is 6. The Labute approximate surface area is 89.0 Å². The summed E-state index contributed by atoms with van der Waals surface area (Å²) in [6, 6.07) is 0. The number of nitrogens with one attached hydrogen (secondary N) is 1. The highest BCUT2D eigenvalue weighted by atomic mass is 32.2. The third-order valence-corrected chi connectivity index (χ3v) is 3.04. The van der Waals surface area contributed by atoms with Crippen molar-refractivity contribution in [3.05, 3.63) is 18.6 Å². The summed E-state index contributed by atoms with van der Waals surface area (Å²) in [4.78, 5) is 7.57. The highest BCUT2D eigenvalue weighted by Crippen LogP contribution is 2.03. The number of nitrogens with two attached hydrogens (primary N) is 1. The highest BCUT2D eigenvalue weighted by molar-refractivity contribution is 7.92. The first-order valence-electron chi connectivity index (χ1n) is 4.60. The molecule has 0 saturated heterocycles. The van der Waals surface area contributed by atoms with Gasteiger partial charge in [-0.05, 0) is 19.4 Å². The Morgan fingerprint density at radius 2 is 2.13 bits per heavy atom. The van der Waals surface area contributed by atoms with Gasteiger partial charge in [0.2, 0.25) is 10.0 Å². The van der Waals surface area contributed by atoms with Crippen LogP contribution in [-0.2, 0) is 10.0 Å². The minimum absolute atomic E-state index is 0.0563. The highest BCUT2D eigenvalue weighted by Gasteiger charge is 2.09. The normalized spacial score (nSPS) is 11.3. The number of hydrogen-bond donors (Lipinski definition) is 2. The Morgan fingerprint density at radius 3 is 2.73 bits per heavy atom. The molecule has 0 aliphatic rings. The number of sulfonamides is 1. The molecule has 0 atom stereocenters. The predicted molar refractivity (Wildman–Crippen MR) is 57.7 cm³/mol. The van der Waals surface area contributed by atoms with Crippen molar-refractivity contribution in [2.45, 2.75) is 12.8 Å². The van der Waals surface area contributed by atoms with Gasteiger partial charge in [0, 0.05) is 12.4 Å². The molecule has 7 heteroatoms. The maximum Gasteiger partial charge on any atom is 0.233 e. The van der Waals surface area contributed by atoms with Crippen molar-refractivity contribution in [1.82, 2.24) is 9.97 Å². The second-order valence-electron chi connectivity index (χ2n) is 3.01. The SMILES string of the molecule is NCCCCS(=O)(=O)Nc1cnccn1. The van der Waals surface area contributed by atoms with Gasteiger partial charge in [0.15, 0.2) is 5.82 Å². The van der Waals surface area contributed by atoms with E-state index in [-0.39, 0.29) is 11.6 Å². The molecule has 3 N–H and O–H groups in total. The van der Waals surface area contributed by atoms with E-state index in [2.05, 4.69) is 14.7 Å². The quantitative estimate of drug-likeness (QED) is 0.668. The van der Waals surface area contributed by atoms with E-state index in [0.29, 0.717) is 19.4 Å². The van der Waals surface area contributed by atoms with Crippen LogP contribution in [-0.4, -0.2) is 30.7 Å². The van der Waals surface area contributed by atoms with Crippen LogP contribution >= 0.6 is 0 Å². The van der Waals surface area contributed by atoms with Crippen molar-refractivity contribution in [2.75, 3.05) is 17.0 Å². The van der Waals surface area contributed by atoms with Crippen molar-refractivity contribution >= 4 is 15.8 Å². The van der Waals surface area contributed by atoms with Crippen molar-refractivity contribution in [1.29, 1.82) is 0 Å². The lowest BCUT2D eigenvalue weighted by molar-refractivity contribution is 0.597. The average Bonchev–Trinajstić information content (AvgIpc) is 2.18. The average molecular weight is 230 g/mol. The van der Waals surface area contributed by atoms with E-state index in [1.165, 1.54) is 18.6 Å². The van der Waals surface area contributed by atoms with Gasteiger partial charge < -0.3 is 5.73 Å². The molecule has 0 amide bonds. The molecule has 1 aromatic heterocycles. The molecule has 0 aliphatic heterocycles. The second kappa shape index (κ2) is 5.62. The van der Waals surface area contributed by atoms with Gasteiger partial charge in [0.05, 0.1) is 11.9 Å². The molecule has 0 fully saturated rings. The van der Waals surface area contributed by atoms with Crippen LogP contribution in [0.2, 0.25) is 0 Å². The molecule has 6 nitrogen and oxygen atoms in total. The molecular weight excluding hydrogens is 216 g/mol. The zero-order chi connectivity index (χ0) is 11.1. The fourth-order valence-electron chi connectivity index (χ4n) is 0.999. The maximum atomic E-state index is 11.5. The van der Waals surface area contributed by atoms with Gasteiger partial charge in [-0.1, -0.05) is 0 Å². The molecule has 0 aromatic carbocycles. The van der Waals surface area contributed by atoms with E-state index >= 15 is 0 Å². The largest absolute Gasteiger partial charge is 0.330 e. The first-order valence-corrected chi connectivity index (χ1v) is 6.26. The summed E-state index contributed by atoms with van der Waals surface area (Å²) >= 11 is 0. The van der Waals surface area contributed by atoms with Crippen LogP contribution in [0.3, 0.4) is 0 Å².